The first kappa shape index (κ1) is 29.8. The minimum atomic E-state index is -0.811. The van der Waals surface area contributed by atoms with Crippen molar-refractivity contribution in [1.82, 2.24) is 25.1 Å². The Morgan fingerprint density at radius 1 is 0.978 bits per heavy atom. The molecule has 10 heteroatoms. The summed E-state index contributed by atoms with van der Waals surface area (Å²) in [5.74, 6) is -0.698. The largest absolute Gasteiger partial charge is 0.508 e. The molecule has 230 valence electrons. The molecule has 0 saturated carbocycles. The van der Waals surface area contributed by atoms with Crippen LogP contribution in [0.15, 0.2) is 104 Å². The second-order valence-corrected chi connectivity index (χ2v) is 11.3. The Labute approximate surface area is 260 Å². The summed E-state index contributed by atoms with van der Waals surface area (Å²) >= 11 is 0. The van der Waals surface area contributed by atoms with E-state index in [9.17, 15) is 23.9 Å². The van der Waals surface area contributed by atoms with Crippen LogP contribution in [0.4, 0.5) is 9.18 Å². The molecule has 0 aromatic heterocycles. The van der Waals surface area contributed by atoms with Crippen LogP contribution >= 0.6 is 0 Å². The Hall–Kier alpha value is -5.22. The number of benzene rings is 4. The third-order valence-electron chi connectivity index (χ3n) is 8.38. The van der Waals surface area contributed by atoms with Gasteiger partial charge in [0.05, 0.1) is 19.6 Å². The van der Waals surface area contributed by atoms with Gasteiger partial charge in [0.2, 0.25) is 11.8 Å². The zero-order chi connectivity index (χ0) is 31.5. The van der Waals surface area contributed by atoms with Crippen molar-refractivity contribution in [3.63, 3.8) is 0 Å². The Kier molecular flexibility index (Phi) is 8.48. The van der Waals surface area contributed by atoms with Gasteiger partial charge >= 0.3 is 6.03 Å². The molecule has 2 N–H and O–H groups in total. The Morgan fingerprint density at radius 2 is 1.69 bits per heavy atom. The lowest BCUT2D eigenvalue weighted by Gasteiger charge is -2.46. The average Bonchev–Trinajstić information content (AvgIpc) is 3.37. The van der Waals surface area contributed by atoms with Gasteiger partial charge in [0.1, 0.15) is 23.8 Å². The molecule has 2 aliphatic heterocycles. The van der Waals surface area contributed by atoms with Crippen molar-refractivity contribution in [3.8, 4) is 5.75 Å². The fourth-order valence-electron chi connectivity index (χ4n) is 6.18. The van der Waals surface area contributed by atoms with Crippen LogP contribution in [0, 0.1) is 5.82 Å². The molecule has 6 rings (SSSR count). The standard InChI is InChI=1S/C35H34FN5O4/c1-2-18-39(35(45)37-20-25-10-14-28(36)15-11-25)40-23-33(43)41-31(19-24-12-16-29(42)17-13-24)34(44)38(22-32(40)41)21-27-8-5-7-26-6-3-4-9-30(26)27/h2-17,31-32,42H,1,18-23H2,(H,37,45)/t31-,32+/m0/s1. The van der Waals surface area contributed by atoms with E-state index in [1.54, 1.807) is 57.3 Å². The van der Waals surface area contributed by atoms with Gasteiger partial charge in [-0.1, -0.05) is 72.8 Å². The quantitative estimate of drug-likeness (QED) is 0.275. The molecule has 0 spiro atoms. The van der Waals surface area contributed by atoms with E-state index in [2.05, 4.69) is 11.9 Å². The number of rotatable bonds is 9. The molecule has 0 aliphatic carbocycles. The molecule has 4 aromatic rings. The smallest absolute Gasteiger partial charge is 0.332 e. The van der Waals surface area contributed by atoms with E-state index in [0.717, 1.165) is 27.5 Å². The maximum atomic E-state index is 14.2. The first-order chi connectivity index (χ1) is 21.8. The summed E-state index contributed by atoms with van der Waals surface area (Å²) in [7, 11) is 0. The summed E-state index contributed by atoms with van der Waals surface area (Å²) in [6, 6.07) is 25.2. The molecule has 4 aromatic carbocycles. The second kappa shape index (κ2) is 12.8. The summed E-state index contributed by atoms with van der Waals surface area (Å²) in [4.78, 5) is 44.7. The molecule has 2 aliphatic rings. The number of nitrogens with zero attached hydrogens (tertiary/aromatic N) is 4. The van der Waals surface area contributed by atoms with Crippen LogP contribution in [0.1, 0.15) is 16.7 Å². The zero-order valence-electron chi connectivity index (χ0n) is 24.7. The number of phenols is 1. The number of carbonyl (C=O) groups excluding carboxylic acids is 3. The van der Waals surface area contributed by atoms with Crippen molar-refractivity contribution >= 4 is 28.6 Å². The van der Waals surface area contributed by atoms with Gasteiger partial charge in [-0.05, 0) is 51.7 Å². The van der Waals surface area contributed by atoms with E-state index in [0.29, 0.717) is 6.54 Å². The minimum absolute atomic E-state index is 0.0933. The minimum Gasteiger partial charge on any atom is -0.508 e. The van der Waals surface area contributed by atoms with Crippen LogP contribution in [0.25, 0.3) is 10.8 Å². The Morgan fingerprint density at radius 3 is 2.44 bits per heavy atom. The molecule has 0 unspecified atom stereocenters. The van der Waals surface area contributed by atoms with E-state index in [-0.39, 0.29) is 56.0 Å². The highest BCUT2D eigenvalue weighted by atomic mass is 19.1. The van der Waals surface area contributed by atoms with Gasteiger partial charge in [0.25, 0.3) is 0 Å². The predicted octanol–water partition coefficient (Wildman–Crippen LogP) is 4.42. The third-order valence-corrected chi connectivity index (χ3v) is 8.38. The van der Waals surface area contributed by atoms with Crippen LogP contribution in [-0.4, -0.2) is 74.6 Å². The second-order valence-electron chi connectivity index (χ2n) is 11.3. The first-order valence-electron chi connectivity index (χ1n) is 14.8. The molecule has 9 nitrogen and oxygen atoms in total. The van der Waals surface area contributed by atoms with E-state index < -0.39 is 18.2 Å². The number of carbonyl (C=O) groups is 3. The molecule has 2 atom stereocenters. The fraction of sp³-hybridized carbons (Fsp3) is 0.229. The lowest BCUT2D eigenvalue weighted by Crippen LogP contribution is -2.66. The summed E-state index contributed by atoms with van der Waals surface area (Å²) in [5, 5.41) is 17.9. The molecule has 2 saturated heterocycles. The normalized spacial score (nSPS) is 18.2. The van der Waals surface area contributed by atoms with Crippen molar-refractivity contribution in [2.75, 3.05) is 19.6 Å². The number of piperazine rings is 1. The van der Waals surface area contributed by atoms with Crippen molar-refractivity contribution in [1.29, 1.82) is 0 Å². The van der Waals surface area contributed by atoms with Gasteiger partial charge in [-0.3, -0.25) is 14.6 Å². The van der Waals surface area contributed by atoms with Crippen LogP contribution in [-0.2, 0) is 29.1 Å². The van der Waals surface area contributed by atoms with Crippen LogP contribution in [0.3, 0.4) is 0 Å². The van der Waals surface area contributed by atoms with E-state index >= 15 is 0 Å². The molecule has 0 bridgehead atoms. The lowest BCUT2D eigenvalue weighted by atomic mass is 9.99. The van der Waals surface area contributed by atoms with Crippen LogP contribution < -0.4 is 5.32 Å². The number of urea groups is 1. The highest BCUT2D eigenvalue weighted by Gasteiger charge is 2.52. The maximum Gasteiger partial charge on any atom is 0.332 e. The van der Waals surface area contributed by atoms with Crippen molar-refractivity contribution in [3.05, 3.63) is 126 Å². The Balaban J connectivity index is 1.31. The summed E-state index contributed by atoms with van der Waals surface area (Å²) < 4.78 is 13.4. The SMILES string of the molecule is C=CCN(C(=O)NCc1ccc(F)cc1)N1CC(=O)N2[C@@H](Cc3ccc(O)cc3)C(=O)N(Cc3cccc4ccccc34)C[C@@H]21. The highest BCUT2D eigenvalue weighted by Crippen LogP contribution is 2.31. The van der Waals surface area contributed by atoms with Crippen molar-refractivity contribution < 1.29 is 23.9 Å². The van der Waals surface area contributed by atoms with Crippen molar-refractivity contribution in [2.45, 2.75) is 31.7 Å². The van der Waals surface area contributed by atoms with E-state index in [4.69, 9.17) is 0 Å². The van der Waals surface area contributed by atoms with Gasteiger partial charge in [0, 0.05) is 19.5 Å². The van der Waals surface area contributed by atoms with Gasteiger partial charge in [0.15, 0.2) is 0 Å². The van der Waals surface area contributed by atoms with E-state index in [1.807, 2.05) is 42.5 Å². The van der Waals surface area contributed by atoms with Crippen LogP contribution in [0.2, 0.25) is 0 Å². The van der Waals surface area contributed by atoms with Gasteiger partial charge in [-0.25, -0.2) is 9.18 Å². The molecule has 4 amide bonds. The number of amides is 4. The number of hydrogen-bond donors (Lipinski definition) is 2. The first-order valence-corrected chi connectivity index (χ1v) is 14.8. The number of fused-ring (bicyclic) bond motifs is 2. The summed E-state index contributed by atoms with van der Waals surface area (Å²) in [5.41, 5.74) is 2.50. The van der Waals surface area contributed by atoms with Gasteiger partial charge < -0.3 is 20.2 Å². The number of halogens is 1. The number of nitrogens with one attached hydrogen (secondary N) is 1. The van der Waals surface area contributed by atoms with E-state index in [1.165, 1.54) is 17.1 Å². The number of aromatic hydroxyl groups is 1. The molecule has 2 fully saturated rings. The average molecular weight is 608 g/mol. The van der Waals surface area contributed by atoms with Gasteiger partial charge in [-0.2, -0.15) is 5.01 Å². The van der Waals surface area contributed by atoms with Crippen LogP contribution in [0.5, 0.6) is 5.75 Å². The van der Waals surface area contributed by atoms with Crippen molar-refractivity contribution in [2.24, 2.45) is 0 Å². The third kappa shape index (κ3) is 6.23. The molecular weight excluding hydrogens is 573 g/mol. The monoisotopic (exact) mass is 607 g/mol. The molecule has 0 radical (unpaired) electrons. The number of phenolic OH excluding ortho intramolecular Hbond substituents is 1. The molecule has 45 heavy (non-hydrogen) atoms. The lowest BCUT2D eigenvalue weighted by molar-refractivity contribution is -0.157. The summed E-state index contributed by atoms with van der Waals surface area (Å²) in [6.45, 7) is 4.55. The predicted molar refractivity (Wildman–Crippen MR) is 168 cm³/mol. The number of hydrogen-bond acceptors (Lipinski definition) is 5. The number of hydrazine groups is 1. The highest BCUT2D eigenvalue weighted by molar-refractivity contribution is 5.92. The Bertz CT molecular complexity index is 1720. The summed E-state index contributed by atoms with van der Waals surface area (Å²) in [6.07, 6.45) is 1.23. The topological polar surface area (TPSA) is 96.4 Å². The maximum absolute atomic E-state index is 14.2. The zero-order valence-corrected chi connectivity index (χ0v) is 24.7. The van der Waals surface area contributed by atoms with Gasteiger partial charge in [-0.15, -0.1) is 6.58 Å². The molecule has 2 heterocycles. The molecular formula is C35H34FN5O4. The fourth-order valence-corrected chi connectivity index (χ4v) is 6.18.